The minimum Gasteiger partial charge on any atom is -0.462 e. The van der Waals surface area contributed by atoms with Gasteiger partial charge in [-0.2, -0.15) is 0 Å². The Hall–Kier alpha value is -2.34. The number of nitrogens with zero attached hydrogens (tertiary/aromatic N) is 4. The van der Waals surface area contributed by atoms with Gasteiger partial charge in [-0.3, -0.25) is 9.36 Å². The molecule has 5 atom stereocenters. The van der Waals surface area contributed by atoms with Gasteiger partial charge >= 0.3 is 5.97 Å². The van der Waals surface area contributed by atoms with E-state index in [4.69, 9.17) is 20.9 Å². The highest BCUT2D eigenvalue weighted by molar-refractivity contribution is 5.81. The Morgan fingerprint density at radius 1 is 1.33 bits per heavy atom. The molecule has 148 valence electrons. The number of ether oxygens (including phenoxy) is 2. The normalized spacial score (nSPS) is 26.6. The van der Waals surface area contributed by atoms with Crippen molar-refractivity contribution in [2.75, 3.05) is 12.3 Å². The third kappa shape index (κ3) is 3.86. The molecule has 0 spiro atoms. The number of aliphatic hydroxyl groups excluding tert-OH is 2. The average Bonchev–Trinajstić information content (AvgIpc) is 3.16. The van der Waals surface area contributed by atoms with E-state index in [-0.39, 0.29) is 18.3 Å². The van der Waals surface area contributed by atoms with Gasteiger partial charge in [0.15, 0.2) is 17.7 Å². The van der Waals surface area contributed by atoms with Crippen molar-refractivity contribution in [1.29, 1.82) is 0 Å². The molecule has 1 saturated heterocycles. The molecule has 0 radical (unpaired) electrons. The molecule has 0 bridgehead atoms. The van der Waals surface area contributed by atoms with Crippen LogP contribution in [0.2, 0.25) is 0 Å². The van der Waals surface area contributed by atoms with E-state index in [9.17, 15) is 15.0 Å². The molecule has 27 heavy (non-hydrogen) atoms. The highest BCUT2D eigenvalue weighted by atomic mass is 16.6. The number of carbonyl (C=O) groups excluding carboxylic acids is 1. The largest absolute Gasteiger partial charge is 0.462 e. The van der Waals surface area contributed by atoms with Gasteiger partial charge in [0.1, 0.15) is 42.8 Å². The minimum absolute atomic E-state index is 0.191. The molecular weight excluding hydrogens is 356 g/mol. The second-order valence-electron chi connectivity index (χ2n) is 7.00. The lowest BCUT2D eigenvalue weighted by atomic mass is 10.1. The number of hydrogen-bond donors (Lipinski definition) is 4. The molecular formula is C16H24N6O5. The van der Waals surface area contributed by atoms with E-state index >= 15 is 0 Å². The fourth-order valence-electron chi connectivity index (χ4n) is 3.03. The molecule has 11 heteroatoms. The van der Waals surface area contributed by atoms with E-state index in [1.165, 1.54) is 17.2 Å². The van der Waals surface area contributed by atoms with E-state index in [1.807, 2.05) is 13.8 Å². The molecule has 11 nitrogen and oxygen atoms in total. The number of imidazole rings is 1. The van der Waals surface area contributed by atoms with Crippen molar-refractivity contribution in [3.8, 4) is 0 Å². The number of carbonyl (C=O) groups is 1. The van der Waals surface area contributed by atoms with Gasteiger partial charge in [0.25, 0.3) is 0 Å². The first kappa shape index (κ1) is 19.4. The van der Waals surface area contributed by atoms with Crippen LogP contribution in [0.1, 0.15) is 26.5 Å². The zero-order valence-electron chi connectivity index (χ0n) is 15.1. The molecule has 3 rings (SSSR count). The summed E-state index contributed by atoms with van der Waals surface area (Å²) in [5.41, 5.74) is 12.2. The number of aliphatic hydroxyl groups is 2. The quantitative estimate of drug-likeness (QED) is 0.453. The highest BCUT2D eigenvalue weighted by Crippen LogP contribution is 2.32. The van der Waals surface area contributed by atoms with Crippen molar-refractivity contribution in [3.05, 3.63) is 12.7 Å². The van der Waals surface area contributed by atoms with Crippen LogP contribution in [0.5, 0.6) is 0 Å². The fourth-order valence-corrected chi connectivity index (χ4v) is 3.03. The van der Waals surface area contributed by atoms with E-state index in [0.717, 1.165) is 0 Å². The van der Waals surface area contributed by atoms with Crippen LogP contribution in [0.4, 0.5) is 5.82 Å². The van der Waals surface area contributed by atoms with Crippen LogP contribution in [0.15, 0.2) is 12.7 Å². The average molecular weight is 380 g/mol. The minimum atomic E-state index is -1.27. The van der Waals surface area contributed by atoms with Gasteiger partial charge in [-0.25, -0.2) is 15.0 Å². The first-order valence-corrected chi connectivity index (χ1v) is 8.66. The molecule has 3 heterocycles. The van der Waals surface area contributed by atoms with E-state index < -0.39 is 36.6 Å². The van der Waals surface area contributed by atoms with Crippen LogP contribution >= 0.6 is 0 Å². The molecule has 2 aromatic rings. The van der Waals surface area contributed by atoms with Gasteiger partial charge in [0.05, 0.1) is 6.33 Å². The number of anilines is 1. The van der Waals surface area contributed by atoms with Crippen molar-refractivity contribution < 1.29 is 24.5 Å². The van der Waals surface area contributed by atoms with E-state index in [1.54, 1.807) is 0 Å². The predicted molar refractivity (Wildman–Crippen MR) is 94.0 cm³/mol. The molecule has 0 unspecified atom stereocenters. The summed E-state index contributed by atoms with van der Waals surface area (Å²) in [7, 11) is 0. The summed E-state index contributed by atoms with van der Waals surface area (Å²) in [6, 6.07) is -0.749. The first-order chi connectivity index (χ1) is 12.8. The zero-order valence-corrected chi connectivity index (χ0v) is 15.1. The van der Waals surface area contributed by atoms with Gasteiger partial charge in [-0.1, -0.05) is 13.8 Å². The molecule has 1 aliphatic rings. The van der Waals surface area contributed by atoms with Crippen molar-refractivity contribution >= 4 is 23.0 Å². The second kappa shape index (κ2) is 7.72. The molecule has 0 aliphatic carbocycles. The van der Waals surface area contributed by atoms with Crippen LogP contribution in [0.25, 0.3) is 11.2 Å². The lowest BCUT2D eigenvalue weighted by molar-refractivity contribution is -0.152. The monoisotopic (exact) mass is 380 g/mol. The Bertz CT molecular complexity index is 812. The number of aromatic nitrogens is 4. The smallest absolute Gasteiger partial charge is 0.323 e. The fraction of sp³-hybridized carbons (Fsp3) is 0.625. The maximum Gasteiger partial charge on any atom is 0.323 e. The van der Waals surface area contributed by atoms with E-state index in [0.29, 0.717) is 17.6 Å². The van der Waals surface area contributed by atoms with Crippen LogP contribution in [-0.2, 0) is 14.3 Å². The number of nitrogens with two attached hydrogens (primary N) is 2. The second-order valence-corrected chi connectivity index (χ2v) is 7.00. The summed E-state index contributed by atoms with van der Waals surface area (Å²) in [5.74, 6) is -0.140. The Balaban J connectivity index is 1.69. The molecule has 0 amide bonds. The summed E-state index contributed by atoms with van der Waals surface area (Å²) in [4.78, 5) is 24.0. The van der Waals surface area contributed by atoms with Gasteiger partial charge in [-0.05, 0) is 12.3 Å². The standard InChI is InChI=1S/C16H24N6O5/c1-7(2)3-8(17)16(25)26-4-9-11(23)12(24)15(27-9)22-6-21-10-13(18)19-5-20-14(10)22/h5-9,11-12,15,23-24H,3-4,17H2,1-2H3,(H2,18,19,20)/t8-,9+,11-,12+,15+/m0/s1. The molecule has 6 N–H and O–H groups in total. The predicted octanol–water partition coefficient (Wildman–Crippen LogP) is -1.06. The summed E-state index contributed by atoms with van der Waals surface area (Å²) < 4.78 is 12.3. The molecule has 0 saturated carbocycles. The third-order valence-electron chi connectivity index (χ3n) is 4.42. The molecule has 1 aliphatic heterocycles. The number of nitrogen functional groups attached to an aromatic ring is 1. The Morgan fingerprint density at radius 2 is 2.07 bits per heavy atom. The summed E-state index contributed by atoms with van der Waals surface area (Å²) >= 11 is 0. The number of esters is 1. The summed E-state index contributed by atoms with van der Waals surface area (Å²) in [6.45, 7) is 3.66. The number of fused-ring (bicyclic) bond motifs is 1. The molecule has 0 aromatic carbocycles. The van der Waals surface area contributed by atoms with Crippen molar-refractivity contribution in [2.24, 2.45) is 11.7 Å². The van der Waals surface area contributed by atoms with Crippen LogP contribution in [0, 0.1) is 5.92 Å². The zero-order chi connectivity index (χ0) is 19.7. The van der Waals surface area contributed by atoms with Crippen LogP contribution in [-0.4, -0.2) is 66.7 Å². The van der Waals surface area contributed by atoms with E-state index in [2.05, 4.69) is 15.0 Å². The van der Waals surface area contributed by atoms with Crippen molar-refractivity contribution in [2.45, 2.75) is 50.8 Å². The van der Waals surface area contributed by atoms with Crippen molar-refractivity contribution in [1.82, 2.24) is 19.5 Å². The Morgan fingerprint density at radius 3 is 2.78 bits per heavy atom. The number of rotatable bonds is 6. The number of hydrogen-bond acceptors (Lipinski definition) is 10. The summed E-state index contributed by atoms with van der Waals surface area (Å²) in [5, 5.41) is 20.6. The molecule has 2 aromatic heterocycles. The third-order valence-corrected chi connectivity index (χ3v) is 4.42. The molecule has 1 fully saturated rings. The Labute approximate surface area is 155 Å². The maximum atomic E-state index is 12.0. The lowest BCUT2D eigenvalue weighted by Crippen LogP contribution is -2.38. The SMILES string of the molecule is CC(C)C[C@H](N)C(=O)OC[C@H]1O[C@@H](n2cnc3c(N)ncnc32)[C@H](O)[C@H]1O. The lowest BCUT2D eigenvalue weighted by Gasteiger charge is -2.17. The summed E-state index contributed by atoms with van der Waals surface area (Å²) in [6.07, 6.45) is -1.27. The van der Waals surface area contributed by atoms with Gasteiger partial charge in [0.2, 0.25) is 0 Å². The van der Waals surface area contributed by atoms with Gasteiger partial charge in [0, 0.05) is 0 Å². The first-order valence-electron chi connectivity index (χ1n) is 8.66. The van der Waals surface area contributed by atoms with Gasteiger partial charge in [-0.15, -0.1) is 0 Å². The Kier molecular flexibility index (Phi) is 5.56. The maximum absolute atomic E-state index is 12.0. The topological polar surface area (TPSA) is 172 Å². The highest BCUT2D eigenvalue weighted by Gasteiger charge is 2.45. The van der Waals surface area contributed by atoms with Crippen molar-refractivity contribution in [3.63, 3.8) is 0 Å². The van der Waals surface area contributed by atoms with Gasteiger partial charge < -0.3 is 31.2 Å². The van der Waals surface area contributed by atoms with Crippen LogP contribution in [0.3, 0.4) is 0 Å². The van der Waals surface area contributed by atoms with Crippen LogP contribution < -0.4 is 11.5 Å².